The van der Waals surface area contributed by atoms with Gasteiger partial charge < -0.3 is 5.48 Å². The van der Waals surface area contributed by atoms with E-state index in [1.165, 1.54) is 0 Å². The van der Waals surface area contributed by atoms with Crippen LogP contribution in [0.4, 0.5) is 0 Å². The number of rotatable bonds is 1. The fourth-order valence-electron chi connectivity index (χ4n) is 0.746. The molecule has 0 aliphatic carbocycles. The third-order valence-electron chi connectivity index (χ3n) is 1.38. The lowest BCUT2D eigenvalue weighted by Gasteiger charge is -2.00. The van der Waals surface area contributed by atoms with Gasteiger partial charge >= 0.3 is 27.5 Å². The smallest absolute Gasteiger partial charge is 1.59 e. The SMILES string of the molecule is Cc1ccc([S](=O)(=O)[Mg+2])cc1.[O-2]. The highest BCUT2D eigenvalue weighted by molar-refractivity contribution is 8.12. The Morgan fingerprint density at radius 3 is 1.92 bits per heavy atom. The minimum atomic E-state index is -2.99. The lowest BCUT2D eigenvalue weighted by molar-refractivity contribution is 0.609. The molecular formula is C7H7MgO3S. The zero-order valence-electron chi connectivity index (χ0n) is 6.65. The molecule has 61 valence electrons. The summed E-state index contributed by atoms with van der Waals surface area (Å²) in [4.78, 5) is 0.390. The summed E-state index contributed by atoms with van der Waals surface area (Å²) in [6.45, 7) is 1.92. The molecule has 0 heterocycles. The highest BCUT2D eigenvalue weighted by atomic mass is 32.3. The zero-order valence-corrected chi connectivity index (χ0v) is 8.88. The van der Waals surface area contributed by atoms with Crippen LogP contribution in [0, 0.1) is 6.92 Å². The van der Waals surface area contributed by atoms with Gasteiger partial charge in [0, 0.05) is 0 Å². The summed E-state index contributed by atoms with van der Waals surface area (Å²) in [5.74, 6) is 0. The Hall–Kier alpha value is -0.104. The highest BCUT2D eigenvalue weighted by Crippen LogP contribution is 2.08. The predicted molar refractivity (Wildman–Crippen MR) is 44.8 cm³/mol. The maximum absolute atomic E-state index is 11.0. The quantitative estimate of drug-likeness (QED) is 0.620. The molecule has 1 aromatic rings. The Balaban J connectivity index is 0.00000121. The second kappa shape index (κ2) is 4.22. The Bertz CT molecular complexity index is 341. The highest BCUT2D eigenvalue weighted by Gasteiger charge is 2.52. The third-order valence-corrected chi connectivity index (χ3v) is 3.37. The van der Waals surface area contributed by atoms with Crippen molar-refractivity contribution >= 4 is 27.5 Å². The Kier molecular flexibility index (Phi) is 4.19. The first-order valence-electron chi connectivity index (χ1n) is 3.15. The van der Waals surface area contributed by atoms with Crippen molar-refractivity contribution in [1.82, 2.24) is 0 Å². The molecule has 1 aromatic carbocycles. The second-order valence-corrected chi connectivity index (χ2v) is 6.41. The molecule has 0 atom stereocenters. The number of hydrogen-bond donors (Lipinski definition) is 0. The summed E-state index contributed by atoms with van der Waals surface area (Å²) in [6.07, 6.45) is 0. The first-order chi connectivity index (χ1) is 5.00. The lowest BCUT2D eigenvalue weighted by Crippen LogP contribution is -1.98. The van der Waals surface area contributed by atoms with Crippen LogP contribution in [-0.4, -0.2) is 28.8 Å². The number of aryl methyl sites for hydroxylation is 1. The van der Waals surface area contributed by atoms with E-state index in [4.69, 9.17) is 0 Å². The summed E-state index contributed by atoms with van der Waals surface area (Å²) in [7, 11) is -2.99. The van der Waals surface area contributed by atoms with Crippen LogP contribution in [0.15, 0.2) is 29.2 Å². The molecule has 1 rings (SSSR count). The molecule has 0 amide bonds. The van der Waals surface area contributed by atoms with Crippen LogP contribution in [0.2, 0.25) is 0 Å². The topological polar surface area (TPSA) is 62.6 Å². The molecular weight excluding hydrogens is 188 g/mol. The van der Waals surface area contributed by atoms with E-state index in [1.807, 2.05) is 6.92 Å². The van der Waals surface area contributed by atoms with Gasteiger partial charge in [-0.2, -0.15) is 0 Å². The van der Waals surface area contributed by atoms with Crippen LogP contribution in [0.3, 0.4) is 0 Å². The minimum absolute atomic E-state index is 0. The summed E-state index contributed by atoms with van der Waals surface area (Å²) in [6, 6.07) is 6.83. The van der Waals surface area contributed by atoms with E-state index in [1.54, 1.807) is 24.3 Å². The van der Waals surface area contributed by atoms with Crippen molar-refractivity contribution < 1.29 is 13.9 Å². The van der Waals surface area contributed by atoms with Crippen molar-refractivity contribution in [3.8, 4) is 0 Å². The lowest BCUT2D eigenvalue weighted by atomic mass is 10.2. The molecule has 0 aliphatic rings. The van der Waals surface area contributed by atoms with Crippen molar-refractivity contribution in [2.45, 2.75) is 11.8 Å². The van der Waals surface area contributed by atoms with E-state index in [-0.39, 0.29) is 5.48 Å². The molecule has 0 aromatic heterocycles. The number of hydrogen-bond acceptors (Lipinski definition) is 2. The van der Waals surface area contributed by atoms with Gasteiger partial charge in [-0.05, 0) is 19.1 Å². The van der Waals surface area contributed by atoms with Crippen LogP contribution < -0.4 is 0 Å². The number of benzene rings is 1. The molecule has 0 saturated heterocycles. The van der Waals surface area contributed by atoms with E-state index in [0.29, 0.717) is 4.90 Å². The summed E-state index contributed by atoms with van der Waals surface area (Å²) >= 11 is 1.00. The fraction of sp³-hybridized carbons (Fsp3) is 0.143. The van der Waals surface area contributed by atoms with Crippen LogP contribution in [0.25, 0.3) is 0 Å². The average molecular weight is 196 g/mol. The van der Waals surface area contributed by atoms with Gasteiger partial charge in [-0.15, -0.1) is 8.42 Å². The Morgan fingerprint density at radius 2 is 1.58 bits per heavy atom. The fourth-order valence-corrected chi connectivity index (χ4v) is 1.87. The van der Waals surface area contributed by atoms with Crippen molar-refractivity contribution in [2.75, 3.05) is 0 Å². The maximum Gasteiger partial charge on any atom is 1.59 e. The van der Waals surface area contributed by atoms with E-state index in [2.05, 4.69) is 0 Å². The molecule has 12 heavy (non-hydrogen) atoms. The van der Waals surface area contributed by atoms with Crippen LogP contribution in [0.5, 0.6) is 0 Å². The predicted octanol–water partition coefficient (Wildman–Crippen LogP) is 0.733. The monoisotopic (exact) mass is 195 g/mol. The molecule has 0 saturated carbocycles. The van der Waals surface area contributed by atoms with Gasteiger partial charge in [0.05, 0.1) is 0 Å². The van der Waals surface area contributed by atoms with E-state index < -0.39 is 7.18 Å². The van der Waals surface area contributed by atoms with Gasteiger partial charge in [-0.25, -0.2) is 0 Å². The second-order valence-electron chi connectivity index (χ2n) is 2.43. The van der Waals surface area contributed by atoms with Crippen molar-refractivity contribution in [2.24, 2.45) is 0 Å². The average Bonchev–Trinajstić information content (AvgIpc) is 1.86. The third kappa shape index (κ3) is 3.10. The van der Waals surface area contributed by atoms with E-state index >= 15 is 0 Å². The molecule has 0 spiro atoms. The molecule has 0 bridgehead atoms. The van der Waals surface area contributed by atoms with Gasteiger partial charge in [0.2, 0.25) is 0 Å². The zero-order chi connectivity index (χ0) is 8.48. The van der Waals surface area contributed by atoms with Crippen LogP contribution in [0.1, 0.15) is 5.56 Å². The Morgan fingerprint density at radius 1 is 1.17 bits per heavy atom. The standard InChI is InChI=1S/C7H7O2S.Mg.O/c1-6-2-4-7(5-3-6)10(8)9;;/h2-5H,1H3;;/q;+2;-2. The maximum atomic E-state index is 11.0. The minimum Gasteiger partial charge on any atom is -2.00 e. The molecule has 7 radical (unpaired) electrons. The molecule has 0 N–H and O–H groups in total. The summed E-state index contributed by atoms with van der Waals surface area (Å²) in [5, 5.41) is 0. The van der Waals surface area contributed by atoms with Gasteiger partial charge in [-0.1, -0.05) is 17.7 Å². The van der Waals surface area contributed by atoms with Crippen LogP contribution in [-0.2, 0) is 12.7 Å². The summed E-state index contributed by atoms with van der Waals surface area (Å²) < 4.78 is 21.9. The Labute approximate surface area is 83.0 Å². The van der Waals surface area contributed by atoms with E-state index in [9.17, 15) is 8.42 Å². The first-order valence-corrected chi connectivity index (χ1v) is 6.53. The molecule has 0 fully saturated rings. The van der Waals surface area contributed by atoms with Crippen molar-refractivity contribution in [3.63, 3.8) is 0 Å². The molecule has 3 nitrogen and oxygen atoms in total. The largest absolute Gasteiger partial charge is 2.00 e. The molecule has 5 heteroatoms. The van der Waals surface area contributed by atoms with Gasteiger partial charge in [0.25, 0.3) is 0 Å². The van der Waals surface area contributed by atoms with Gasteiger partial charge in [-0.3, -0.25) is 0 Å². The summed E-state index contributed by atoms with van der Waals surface area (Å²) in [5.41, 5.74) is 1.07. The van der Waals surface area contributed by atoms with Crippen molar-refractivity contribution in [3.05, 3.63) is 29.8 Å². The molecule has 0 aliphatic heterocycles. The van der Waals surface area contributed by atoms with Crippen LogP contribution >= 0.6 is 0 Å². The normalized spacial score (nSPS) is 10.5. The van der Waals surface area contributed by atoms with E-state index in [0.717, 1.165) is 25.9 Å². The van der Waals surface area contributed by atoms with Gasteiger partial charge in [0.1, 0.15) is 4.90 Å². The first kappa shape index (κ1) is 11.9. The van der Waals surface area contributed by atoms with Gasteiger partial charge in [0.15, 0.2) is 0 Å². The molecule has 0 unspecified atom stereocenters. The van der Waals surface area contributed by atoms with Crippen molar-refractivity contribution in [1.29, 1.82) is 0 Å².